The van der Waals surface area contributed by atoms with Gasteiger partial charge in [0.2, 0.25) is 0 Å². The average Bonchev–Trinajstić information content (AvgIpc) is 2.84. The molecule has 0 unspecified atom stereocenters. The molecule has 1 heterocycles. The highest BCUT2D eigenvalue weighted by Crippen LogP contribution is 2.23. The van der Waals surface area contributed by atoms with Gasteiger partial charge < -0.3 is 14.9 Å². The minimum atomic E-state index is -3.80. The van der Waals surface area contributed by atoms with Gasteiger partial charge in [-0.2, -0.15) is 4.31 Å². The van der Waals surface area contributed by atoms with Gasteiger partial charge in [-0.3, -0.25) is 0 Å². The molecular formula is C10H15NO6S2. The van der Waals surface area contributed by atoms with E-state index in [4.69, 9.17) is 14.9 Å². The normalized spacial score (nSPS) is 11.9. The van der Waals surface area contributed by atoms with Gasteiger partial charge >= 0.3 is 5.97 Å². The molecule has 0 aliphatic carbocycles. The molecule has 0 aliphatic heterocycles. The van der Waals surface area contributed by atoms with E-state index in [0.717, 1.165) is 21.7 Å². The number of hydrogen-bond donors (Lipinski definition) is 2. The van der Waals surface area contributed by atoms with Crippen LogP contribution in [0.1, 0.15) is 10.4 Å². The fourth-order valence-electron chi connectivity index (χ4n) is 1.35. The van der Waals surface area contributed by atoms with Crippen LogP contribution >= 0.6 is 11.3 Å². The van der Waals surface area contributed by atoms with Crippen molar-refractivity contribution in [3.8, 4) is 0 Å². The van der Waals surface area contributed by atoms with Crippen LogP contribution in [0.15, 0.2) is 15.7 Å². The lowest BCUT2D eigenvalue weighted by Gasteiger charge is -2.19. The number of carboxylic acid groups (broad SMARTS) is 1. The summed E-state index contributed by atoms with van der Waals surface area (Å²) in [6, 6.07) is 1.11. The summed E-state index contributed by atoms with van der Waals surface area (Å²) in [5.41, 5.74) is -0.0701. The Hall–Kier alpha value is -1.00. The number of aromatic carboxylic acids is 1. The number of aliphatic hydroxyl groups excluding tert-OH is 1. The zero-order valence-electron chi connectivity index (χ0n) is 10.3. The first-order valence-electron chi connectivity index (χ1n) is 5.35. The highest BCUT2D eigenvalue weighted by atomic mass is 32.2. The van der Waals surface area contributed by atoms with Crippen molar-refractivity contribution in [2.24, 2.45) is 0 Å². The minimum Gasteiger partial charge on any atom is -0.478 e. The number of hydrogen-bond acceptors (Lipinski definition) is 6. The van der Waals surface area contributed by atoms with Crippen molar-refractivity contribution in [3.63, 3.8) is 0 Å². The number of nitrogens with zero attached hydrogens (tertiary/aromatic N) is 1. The van der Waals surface area contributed by atoms with Crippen LogP contribution in [-0.4, -0.2) is 62.3 Å². The van der Waals surface area contributed by atoms with Gasteiger partial charge in [-0.05, 0) is 6.07 Å². The third-order valence-corrected chi connectivity index (χ3v) is 5.62. The maximum atomic E-state index is 12.2. The van der Waals surface area contributed by atoms with Crippen molar-refractivity contribution in [3.05, 3.63) is 17.0 Å². The van der Waals surface area contributed by atoms with E-state index >= 15 is 0 Å². The number of sulfonamides is 1. The summed E-state index contributed by atoms with van der Waals surface area (Å²) in [6.07, 6.45) is 0. The molecule has 0 amide bonds. The van der Waals surface area contributed by atoms with E-state index in [1.807, 2.05) is 0 Å². The molecule has 19 heavy (non-hydrogen) atoms. The van der Waals surface area contributed by atoms with E-state index < -0.39 is 16.0 Å². The van der Waals surface area contributed by atoms with Gasteiger partial charge in [-0.25, -0.2) is 13.2 Å². The summed E-state index contributed by atoms with van der Waals surface area (Å²) in [5, 5.41) is 19.0. The van der Waals surface area contributed by atoms with Crippen LogP contribution in [0, 0.1) is 0 Å². The zero-order valence-corrected chi connectivity index (χ0v) is 11.9. The molecule has 0 atom stereocenters. The number of carbonyl (C=O) groups is 1. The molecule has 2 N–H and O–H groups in total. The molecule has 0 radical (unpaired) electrons. The Bertz CT molecular complexity index is 524. The van der Waals surface area contributed by atoms with E-state index in [1.54, 1.807) is 0 Å². The Morgan fingerprint density at radius 3 is 2.63 bits per heavy atom. The maximum absolute atomic E-state index is 12.2. The van der Waals surface area contributed by atoms with Crippen molar-refractivity contribution in [2.45, 2.75) is 4.21 Å². The molecule has 0 fully saturated rings. The topological polar surface area (TPSA) is 104 Å². The second-order valence-electron chi connectivity index (χ2n) is 3.58. The van der Waals surface area contributed by atoms with E-state index in [0.29, 0.717) is 0 Å². The standard InChI is InChI=1S/C10H15NO6S2/c1-17-5-3-11(2-4-12)19(15,16)9-6-8(7-18-9)10(13)14/h6-7,12H,2-5H2,1H3,(H,13,14). The molecule has 1 aromatic heterocycles. The van der Waals surface area contributed by atoms with E-state index in [-0.39, 0.29) is 36.1 Å². The first-order chi connectivity index (χ1) is 8.93. The molecule has 0 saturated heterocycles. The zero-order chi connectivity index (χ0) is 14.5. The summed E-state index contributed by atoms with van der Waals surface area (Å²) in [6.45, 7) is -0.0950. The van der Waals surface area contributed by atoms with Gasteiger partial charge in [-0.15, -0.1) is 11.3 Å². The van der Waals surface area contributed by atoms with Gasteiger partial charge in [-0.1, -0.05) is 0 Å². The summed E-state index contributed by atoms with van der Waals surface area (Å²) in [4.78, 5) is 10.7. The van der Waals surface area contributed by atoms with Crippen molar-refractivity contribution in [2.75, 3.05) is 33.4 Å². The molecule has 0 bridgehead atoms. The molecule has 0 saturated carbocycles. The molecule has 9 heteroatoms. The number of ether oxygens (including phenoxy) is 1. The summed E-state index contributed by atoms with van der Waals surface area (Å²) in [7, 11) is -2.36. The van der Waals surface area contributed by atoms with E-state index in [1.165, 1.54) is 12.5 Å². The number of aliphatic hydroxyl groups is 1. The molecule has 1 rings (SSSR count). The van der Waals surface area contributed by atoms with Crippen LogP contribution in [0.25, 0.3) is 0 Å². The third-order valence-electron chi connectivity index (χ3n) is 2.31. The Labute approximate surface area is 115 Å². The fraction of sp³-hybridized carbons (Fsp3) is 0.500. The lowest BCUT2D eigenvalue weighted by atomic mass is 10.4. The van der Waals surface area contributed by atoms with Gasteiger partial charge in [0.25, 0.3) is 10.0 Å². The Balaban J connectivity index is 3.00. The average molecular weight is 309 g/mol. The Morgan fingerprint density at radius 1 is 1.47 bits per heavy atom. The maximum Gasteiger partial charge on any atom is 0.336 e. The molecule has 0 aliphatic rings. The molecule has 0 spiro atoms. The summed E-state index contributed by atoms with van der Waals surface area (Å²) in [5.74, 6) is -1.18. The molecule has 7 nitrogen and oxygen atoms in total. The van der Waals surface area contributed by atoms with Crippen LogP contribution in [0.5, 0.6) is 0 Å². The van der Waals surface area contributed by atoms with Gasteiger partial charge in [0.05, 0.1) is 18.8 Å². The number of carboxylic acids is 1. The van der Waals surface area contributed by atoms with Crippen LogP contribution in [-0.2, 0) is 14.8 Å². The molecule has 0 aromatic carbocycles. The molecular weight excluding hydrogens is 294 g/mol. The van der Waals surface area contributed by atoms with Gasteiger partial charge in [0.15, 0.2) is 0 Å². The first kappa shape index (κ1) is 16.1. The first-order valence-corrected chi connectivity index (χ1v) is 7.67. The van der Waals surface area contributed by atoms with Crippen LogP contribution in [0.3, 0.4) is 0 Å². The Morgan fingerprint density at radius 2 is 2.16 bits per heavy atom. The van der Waals surface area contributed by atoms with Crippen LogP contribution < -0.4 is 0 Å². The molecule has 1 aromatic rings. The summed E-state index contributed by atoms with van der Waals surface area (Å²) < 4.78 is 30.3. The van der Waals surface area contributed by atoms with Crippen molar-refractivity contribution >= 4 is 27.3 Å². The number of thiophene rings is 1. The predicted molar refractivity (Wildman–Crippen MR) is 69.0 cm³/mol. The smallest absolute Gasteiger partial charge is 0.336 e. The van der Waals surface area contributed by atoms with E-state index in [9.17, 15) is 13.2 Å². The quantitative estimate of drug-likeness (QED) is 0.704. The highest BCUT2D eigenvalue weighted by molar-refractivity contribution is 7.91. The Kier molecular flexibility index (Phi) is 5.88. The van der Waals surface area contributed by atoms with Crippen molar-refractivity contribution in [1.82, 2.24) is 4.31 Å². The minimum absolute atomic E-state index is 0.0607. The predicted octanol–water partition coefficient (Wildman–Crippen LogP) is 0.0757. The monoisotopic (exact) mass is 309 g/mol. The van der Waals surface area contributed by atoms with Crippen LogP contribution in [0.2, 0.25) is 0 Å². The summed E-state index contributed by atoms with van der Waals surface area (Å²) >= 11 is 0.840. The largest absolute Gasteiger partial charge is 0.478 e. The lowest BCUT2D eigenvalue weighted by molar-refractivity contribution is 0.0697. The second-order valence-corrected chi connectivity index (χ2v) is 6.66. The SMILES string of the molecule is COCCN(CCO)S(=O)(=O)c1cc(C(=O)O)cs1. The van der Waals surface area contributed by atoms with Crippen molar-refractivity contribution < 1.29 is 28.2 Å². The third kappa shape index (κ3) is 3.98. The second kappa shape index (κ2) is 6.96. The fourth-order valence-corrected chi connectivity index (χ4v) is 4.07. The van der Waals surface area contributed by atoms with E-state index in [2.05, 4.69) is 0 Å². The molecule has 108 valence electrons. The number of rotatable bonds is 8. The number of methoxy groups -OCH3 is 1. The highest BCUT2D eigenvalue weighted by Gasteiger charge is 2.26. The van der Waals surface area contributed by atoms with Crippen molar-refractivity contribution in [1.29, 1.82) is 0 Å². The lowest BCUT2D eigenvalue weighted by Crippen LogP contribution is -2.35. The van der Waals surface area contributed by atoms with Gasteiger partial charge in [0.1, 0.15) is 4.21 Å². The van der Waals surface area contributed by atoms with Gasteiger partial charge in [0, 0.05) is 25.6 Å². The van der Waals surface area contributed by atoms with Crippen LogP contribution in [0.4, 0.5) is 0 Å².